The molecule has 1 N–H and O–H groups in total. The number of hydrogen-bond donors (Lipinski definition) is 1. The van der Waals surface area contributed by atoms with E-state index in [1.54, 1.807) is 30.3 Å². The van der Waals surface area contributed by atoms with Gasteiger partial charge in [0.05, 0.1) is 0 Å². The molecule has 0 spiro atoms. The number of nitrogens with one attached hydrogen (secondary N) is 1. The highest BCUT2D eigenvalue weighted by molar-refractivity contribution is 9.10. The van der Waals surface area contributed by atoms with Crippen molar-refractivity contribution in [2.45, 2.75) is 4.90 Å². The molecular formula is C11H9BrN2O2S. The van der Waals surface area contributed by atoms with E-state index in [1.807, 2.05) is 6.07 Å². The lowest BCUT2D eigenvalue weighted by Crippen LogP contribution is -2.12. The summed E-state index contributed by atoms with van der Waals surface area (Å²) in [5.74, 6) is 0. The quantitative estimate of drug-likeness (QED) is 0.886. The van der Waals surface area contributed by atoms with Crippen molar-refractivity contribution in [3.63, 3.8) is 0 Å². The molecule has 0 radical (unpaired) electrons. The smallest absolute Gasteiger partial charge is 0.263 e. The van der Waals surface area contributed by atoms with Gasteiger partial charge in [-0.1, -0.05) is 18.2 Å². The van der Waals surface area contributed by atoms with E-state index in [9.17, 15) is 8.42 Å². The second-order valence-electron chi connectivity index (χ2n) is 3.29. The van der Waals surface area contributed by atoms with Gasteiger partial charge in [-0.05, 0) is 40.2 Å². The summed E-state index contributed by atoms with van der Waals surface area (Å²) in [5, 5.41) is 0. The second-order valence-corrected chi connectivity index (χ2v) is 5.78. The summed E-state index contributed by atoms with van der Waals surface area (Å²) in [4.78, 5) is 4.01. The third-order valence-electron chi connectivity index (χ3n) is 2.04. The van der Waals surface area contributed by atoms with Crippen molar-refractivity contribution < 1.29 is 8.42 Å². The predicted octanol–water partition coefficient (Wildman–Crippen LogP) is 2.64. The largest absolute Gasteiger partial charge is 0.280 e. The molecule has 0 saturated carbocycles. The van der Waals surface area contributed by atoms with E-state index in [4.69, 9.17) is 0 Å². The third kappa shape index (κ3) is 3.04. The van der Waals surface area contributed by atoms with Gasteiger partial charge < -0.3 is 0 Å². The maximum Gasteiger partial charge on any atom is 0.263 e. The first-order valence-corrected chi connectivity index (χ1v) is 7.05. The van der Waals surface area contributed by atoms with Gasteiger partial charge in [0.25, 0.3) is 10.0 Å². The zero-order valence-electron chi connectivity index (χ0n) is 8.67. The standard InChI is InChI=1S/C11H9BrN2O2S/c12-11-7-6-10(8-13-11)17(15,16)14-9-4-2-1-3-5-9/h1-8,14H. The minimum absolute atomic E-state index is 0.129. The lowest BCUT2D eigenvalue weighted by molar-refractivity contribution is 0.601. The van der Waals surface area contributed by atoms with Crippen LogP contribution in [0.4, 0.5) is 5.69 Å². The van der Waals surface area contributed by atoms with Gasteiger partial charge in [0, 0.05) is 11.9 Å². The van der Waals surface area contributed by atoms with Crippen LogP contribution in [0.1, 0.15) is 0 Å². The Kier molecular flexibility index (Phi) is 3.44. The molecule has 17 heavy (non-hydrogen) atoms. The number of pyridine rings is 1. The zero-order valence-corrected chi connectivity index (χ0v) is 11.1. The summed E-state index contributed by atoms with van der Waals surface area (Å²) < 4.78 is 27.0. The number of benzene rings is 1. The van der Waals surface area contributed by atoms with Gasteiger partial charge in [-0.2, -0.15) is 0 Å². The Morgan fingerprint density at radius 2 is 1.76 bits per heavy atom. The molecule has 0 bridgehead atoms. The van der Waals surface area contributed by atoms with E-state index < -0.39 is 10.0 Å². The van der Waals surface area contributed by atoms with Crippen LogP contribution in [0.2, 0.25) is 0 Å². The van der Waals surface area contributed by atoms with Gasteiger partial charge in [0.2, 0.25) is 0 Å². The highest BCUT2D eigenvalue weighted by Crippen LogP contribution is 2.16. The van der Waals surface area contributed by atoms with Gasteiger partial charge in [-0.15, -0.1) is 0 Å². The molecule has 0 aliphatic rings. The van der Waals surface area contributed by atoms with Crippen molar-refractivity contribution in [2.75, 3.05) is 4.72 Å². The molecule has 0 aliphatic carbocycles. The number of anilines is 1. The lowest BCUT2D eigenvalue weighted by atomic mass is 10.3. The molecule has 0 unspecified atom stereocenters. The second kappa shape index (κ2) is 4.85. The number of aromatic nitrogens is 1. The number of nitrogens with zero attached hydrogens (tertiary/aromatic N) is 1. The van der Waals surface area contributed by atoms with Crippen molar-refractivity contribution in [2.24, 2.45) is 0 Å². The number of sulfonamides is 1. The molecule has 0 amide bonds. The van der Waals surface area contributed by atoms with Crippen LogP contribution in [0.15, 0.2) is 58.2 Å². The first kappa shape index (κ1) is 12.1. The Bertz CT molecular complexity index is 597. The van der Waals surface area contributed by atoms with E-state index >= 15 is 0 Å². The van der Waals surface area contributed by atoms with Crippen LogP contribution in [-0.4, -0.2) is 13.4 Å². The molecule has 1 aromatic carbocycles. The molecule has 0 fully saturated rings. The van der Waals surface area contributed by atoms with Gasteiger partial charge in [-0.3, -0.25) is 4.72 Å². The number of halogens is 1. The van der Waals surface area contributed by atoms with Crippen LogP contribution < -0.4 is 4.72 Å². The van der Waals surface area contributed by atoms with Gasteiger partial charge >= 0.3 is 0 Å². The molecule has 88 valence electrons. The minimum atomic E-state index is -3.56. The van der Waals surface area contributed by atoms with Gasteiger partial charge in [0.1, 0.15) is 9.50 Å². The van der Waals surface area contributed by atoms with Crippen LogP contribution in [0, 0.1) is 0 Å². The molecule has 0 saturated heterocycles. The summed E-state index contributed by atoms with van der Waals surface area (Å²) in [6.07, 6.45) is 1.30. The molecule has 6 heteroatoms. The Morgan fingerprint density at radius 1 is 1.06 bits per heavy atom. The maximum absolute atomic E-state index is 11.9. The molecule has 4 nitrogen and oxygen atoms in total. The molecule has 0 aliphatic heterocycles. The van der Waals surface area contributed by atoms with Crippen molar-refractivity contribution >= 4 is 31.6 Å². The van der Waals surface area contributed by atoms with Crippen molar-refractivity contribution in [1.29, 1.82) is 0 Å². The fourth-order valence-corrected chi connectivity index (χ4v) is 2.48. The fraction of sp³-hybridized carbons (Fsp3) is 0. The molecule has 2 aromatic rings. The van der Waals surface area contributed by atoms with Crippen LogP contribution in [0.3, 0.4) is 0 Å². The van der Waals surface area contributed by atoms with E-state index in [-0.39, 0.29) is 4.90 Å². The predicted molar refractivity (Wildman–Crippen MR) is 69.2 cm³/mol. The van der Waals surface area contributed by atoms with E-state index in [0.717, 1.165) is 0 Å². The summed E-state index contributed by atoms with van der Waals surface area (Å²) in [7, 11) is -3.56. The fourth-order valence-electron chi connectivity index (χ4n) is 1.24. The Balaban J connectivity index is 2.29. The van der Waals surface area contributed by atoms with Crippen LogP contribution in [0.25, 0.3) is 0 Å². The van der Waals surface area contributed by atoms with Crippen molar-refractivity contribution in [3.8, 4) is 0 Å². The number of rotatable bonds is 3. The summed E-state index contributed by atoms with van der Waals surface area (Å²) in [6.45, 7) is 0. The first-order valence-electron chi connectivity index (χ1n) is 4.77. The average Bonchev–Trinajstić information content (AvgIpc) is 2.30. The van der Waals surface area contributed by atoms with Crippen LogP contribution in [0.5, 0.6) is 0 Å². The normalized spacial score (nSPS) is 11.1. The number of hydrogen-bond acceptors (Lipinski definition) is 3. The van der Waals surface area contributed by atoms with Gasteiger partial charge in [-0.25, -0.2) is 13.4 Å². The minimum Gasteiger partial charge on any atom is -0.280 e. The number of para-hydroxylation sites is 1. The van der Waals surface area contributed by atoms with E-state index in [2.05, 4.69) is 25.6 Å². The van der Waals surface area contributed by atoms with Crippen LogP contribution >= 0.6 is 15.9 Å². The maximum atomic E-state index is 11.9. The SMILES string of the molecule is O=S(=O)(Nc1ccccc1)c1ccc(Br)nc1. The highest BCUT2D eigenvalue weighted by atomic mass is 79.9. The average molecular weight is 313 g/mol. The van der Waals surface area contributed by atoms with E-state index in [1.165, 1.54) is 12.3 Å². The Morgan fingerprint density at radius 3 is 2.35 bits per heavy atom. The summed E-state index contributed by atoms with van der Waals surface area (Å²) in [5.41, 5.74) is 0.524. The summed E-state index contributed by atoms with van der Waals surface area (Å²) >= 11 is 3.15. The topological polar surface area (TPSA) is 59.1 Å². The van der Waals surface area contributed by atoms with Gasteiger partial charge in [0.15, 0.2) is 0 Å². The zero-order chi connectivity index (χ0) is 12.3. The Labute approximate surface area is 108 Å². The molecular weight excluding hydrogens is 304 g/mol. The molecule has 1 aromatic heterocycles. The van der Waals surface area contributed by atoms with E-state index in [0.29, 0.717) is 10.3 Å². The third-order valence-corrected chi connectivity index (χ3v) is 3.87. The Hall–Kier alpha value is -1.40. The lowest BCUT2D eigenvalue weighted by Gasteiger charge is -2.07. The molecule has 0 atom stereocenters. The van der Waals surface area contributed by atoms with Crippen molar-refractivity contribution in [1.82, 2.24) is 4.98 Å². The summed E-state index contributed by atoms with van der Waals surface area (Å²) in [6, 6.07) is 11.8. The molecule has 1 heterocycles. The van der Waals surface area contributed by atoms with Crippen LogP contribution in [-0.2, 0) is 10.0 Å². The first-order chi connectivity index (χ1) is 8.08. The highest BCUT2D eigenvalue weighted by Gasteiger charge is 2.13. The van der Waals surface area contributed by atoms with Crippen molar-refractivity contribution in [3.05, 3.63) is 53.3 Å². The monoisotopic (exact) mass is 312 g/mol. The molecule has 2 rings (SSSR count).